The van der Waals surface area contributed by atoms with Crippen molar-refractivity contribution in [3.05, 3.63) is 57.8 Å². The summed E-state index contributed by atoms with van der Waals surface area (Å²) in [6.07, 6.45) is -0.0159. The Balaban J connectivity index is 1.53. The van der Waals surface area contributed by atoms with Gasteiger partial charge in [-0.25, -0.2) is 0 Å². The molecule has 0 bridgehead atoms. The third kappa shape index (κ3) is 4.51. The van der Waals surface area contributed by atoms with Crippen molar-refractivity contribution < 1.29 is 9.53 Å². The number of carbonyl (C=O) groups is 1. The number of halogens is 2. The van der Waals surface area contributed by atoms with Crippen molar-refractivity contribution in [3.8, 4) is 16.3 Å². The minimum Gasteiger partial charge on any atom is -0.479 e. The van der Waals surface area contributed by atoms with Crippen molar-refractivity contribution >= 4 is 51.1 Å². The Hall–Kier alpha value is -2.68. The number of ether oxygens (including phenoxy) is 1. The van der Waals surface area contributed by atoms with Crippen LogP contribution in [-0.2, 0) is 11.2 Å². The van der Waals surface area contributed by atoms with E-state index >= 15 is 0 Å². The fraction of sp³-hybridized carbons (Fsp3) is 0.238. The van der Waals surface area contributed by atoms with E-state index < -0.39 is 6.10 Å². The molecule has 160 valence electrons. The van der Waals surface area contributed by atoms with Crippen LogP contribution in [0, 0.1) is 6.92 Å². The molecule has 2 heterocycles. The van der Waals surface area contributed by atoms with Gasteiger partial charge in [-0.15, -0.1) is 10.2 Å². The fourth-order valence-electron chi connectivity index (χ4n) is 2.93. The number of benzene rings is 2. The second-order valence-corrected chi connectivity index (χ2v) is 8.72. The lowest BCUT2D eigenvalue weighted by Gasteiger charge is -2.17. The van der Waals surface area contributed by atoms with Crippen LogP contribution in [0.3, 0.4) is 0 Å². The molecule has 7 nitrogen and oxygen atoms in total. The van der Waals surface area contributed by atoms with Crippen LogP contribution < -0.4 is 10.1 Å². The van der Waals surface area contributed by atoms with Crippen LogP contribution in [0.5, 0.6) is 5.75 Å². The molecule has 2 aromatic heterocycles. The zero-order valence-electron chi connectivity index (χ0n) is 17.0. The van der Waals surface area contributed by atoms with E-state index in [0.29, 0.717) is 21.5 Å². The van der Waals surface area contributed by atoms with Gasteiger partial charge in [0.2, 0.25) is 4.96 Å². The summed E-state index contributed by atoms with van der Waals surface area (Å²) < 4.78 is 7.47. The standard InChI is InChI=1S/C21H19Cl2N5O2S/c1-4-18-25-26-21-28(18)27-20(31-21)13-6-5-11(2)16(9-13)24-19(29)12(3)30-17-8-7-14(22)10-15(17)23/h5-10,12H,4H2,1-3H3,(H,24,29)/t12-/m1/s1. The summed E-state index contributed by atoms with van der Waals surface area (Å²) in [6, 6.07) is 10.7. The van der Waals surface area contributed by atoms with E-state index in [-0.39, 0.29) is 5.91 Å². The van der Waals surface area contributed by atoms with E-state index in [0.717, 1.165) is 33.3 Å². The molecular formula is C21H19Cl2N5O2S. The van der Waals surface area contributed by atoms with E-state index in [1.165, 1.54) is 11.3 Å². The van der Waals surface area contributed by atoms with Gasteiger partial charge in [0.1, 0.15) is 10.8 Å². The molecule has 1 amide bonds. The Morgan fingerprint density at radius 2 is 2.03 bits per heavy atom. The summed E-state index contributed by atoms with van der Waals surface area (Å²) in [7, 11) is 0. The van der Waals surface area contributed by atoms with E-state index in [1.54, 1.807) is 29.6 Å². The van der Waals surface area contributed by atoms with Crippen LogP contribution in [-0.4, -0.2) is 31.8 Å². The van der Waals surface area contributed by atoms with E-state index in [9.17, 15) is 4.79 Å². The maximum atomic E-state index is 12.7. The van der Waals surface area contributed by atoms with Crippen molar-refractivity contribution in [1.82, 2.24) is 19.8 Å². The maximum Gasteiger partial charge on any atom is 0.265 e. The normalized spacial score (nSPS) is 12.2. The minimum absolute atomic E-state index is 0.294. The largest absolute Gasteiger partial charge is 0.479 e. The Labute approximate surface area is 193 Å². The molecule has 0 fully saturated rings. The van der Waals surface area contributed by atoms with Gasteiger partial charge < -0.3 is 10.1 Å². The summed E-state index contributed by atoms with van der Waals surface area (Å²) in [5, 5.41) is 17.5. The summed E-state index contributed by atoms with van der Waals surface area (Å²) in [5.74, 6) is 0.910. The molecule has 1 atom stereocenters. The number of nitrogens with one attached hydrogen (secondary N) is 1. The van der Waals surface area contributed by atoms with Crippen molar-refractivity contribution in [1.29, 1.82) is 0 Å². The Bertz CT molecular complexity index is 1270. The van der Waals surface area contributed by atoms with Gasteiger partial charge in [0.15, 0.2) is 11.9 Å². The third-order valence-electron chi connectivity index (χ3n) is 4.68. The van der Waals surface area contributed by atoms with Gasteiger partial charge in [-0.3, -0.25) is 4.79 Å². The number of hydrogen-bond donors (Lipinski definition) is 1. The summed E-state index contributed by atoms with van der Waals surface area (Å²) in [6.45, 7) is 5.60. The number of hydrogen-bond acceptors (Lipinski definition) is 6. The van der Waals surface area contributed by atoms with Gasteiger partial charge in [-0.1, -0.05) is 53.6 Å². The number of carbonyl (C=O) groups excluding carboxylic acids is 1. The number of rotatable bonds is 6. The first-order valence-electron chi connectivity index (χ1n) is 9.60. The Kier molecular flexibility index (Phi) is 6.13. The van der Waals surface area contributed by atoms with Crippen molar-refractivity contribution in [2.45, 2.75) is 33.3 Å². The fourth-order valence-corrected chi connectivity index (χ4v) is 4.24. The number of aryl methyl sites for hydroxylation is 2. The molecule has 4 rings (SSSR count). The molecule has 1 N–H and O–H groups in total. The highest BCUT2D eigenvalue weighted by molar-refractivity contribution is 7.19. The first-order chi connectivity index (χ1) is 14.9. The van der Waals surface area contributed by atoms with Crippen LogP contribution in [0.4, 0.5) is 5.69 Å². The van der Waals surface area contributed by atoms with Crippen LogP contribution in [0.1, 0.15) is 25.2 Å². The first-order valence-corrected chi connectivity index (χ1v) is 11.2. The molecule has 0 saturated carbocycles. The number of aromatic nitrogens is 4. The monoisotopic (exact) mass is 475 g/mol. The van der Waals surface area contributed by atoms with Crippen LogP contribution in [0.15, 0.2) is 36.4 Å². The highest BCUT2D eigenvalue weighted by Crippen LogP contribution is 2.30. The zero-order valence-corrected chi connectivity index (χ0v) is 19.3. The molecule has 0 radical (unpaired) electrons. The number of anilines is 1. The van der Waals surface area contributed by atoms with Crippen LogP contribution >= 0.6 is 34.5 Å². The first kappa shape index (κ1) is 21.5. The predicted octanol–water partition coefficient (Wildman–Crippen LogP) is 5.44. The number of fused-ring (bicyclic) bond motifs is 1. The van der Waals surface area contributed by atoms with E-state index in [2.05, 4.69) is 20.6 Å². The Morgan fingerprint density at radius 3 is 2.77 bits per heavy atom. The van der Waals surface area contributed by atoms with Gasteiger partial charge in [-0.2, -0.15) is 9.61 Å². The topological polar surface area (TPSA) is 81.4 Å². The lowest BCUT2D eigenvalue weighted by atomic mass is 10.1. The van der Waals surface area contributed by atoms with E-state index in [1.807, 2.05) is 32.0 Å². The van der Waals surface area contributed by atoms with Crippen molar-refractivity contribution in [3.63, 3.8) is 0 Å². The predicted molar refractivity (Wildman–Crippen MR) is 123 cm³/mol. The molecule has 10 heteroatoms. The smallest absolute Gasteiger partial charge is 0.265 e. The second-order valence-electron chi connectivity index (χ2n) is 6.93. The average molecular weight is 476 g/mol. The zero-order chi connectivity index (χ0) is 22.1. The Morgan fingerprint density at radius 1 is 1.23 bits per heavy atom. The molecule has 4 aromatic rings. The summed E-state index contributed by atoms with van der Waals surface area (Å²) in [5.41, 5.74) is 2.49. The molecule has 0 aliphatic carbocycles. The average Bonchev–Trinajstić information content (AvgIpc) is 3.32. The van der Waals surface area contributed by atoms with Gasteiger partial charge in [0, 0.05) is 22.7 Å². The molecular weight excluding hydrogens is 457 g/mol. The number of amides is 1. The molecule has 0 unspecified atom stereocenters. The third-order valence-corrected chi connectivity index (χ3v) is 6.16. The summed E-state index contributed by atoms with van der Waals surface area (Å²) >= 11 is 13.5. The van der Waals surface area contributed by atoms with Crippen molar-refractivity contribution in [2.24, 2.45) is 0 Å². The second kappa shape index (κ2) is 8.82. The van der Waals surface area contributed by atoms with Crippen molar-refractivity contribution in [2.75, 3.05) is 5.32 Å². The minimum atomic E-state index is -0.761. The quantitative estimate of drug-likeness (QED) is 0.401. The van der Waals surface area contributed by atoms with Gasteiger partial charge in [0.25, 0.3) is 5.91 Å². The van der Waals surface area contributed by atoms with Gasteiger partial charge in [-0.05, 0) is 43.7 Å². The SMILES string of the molecule is CCc1nnc2sc(-c3ccc(C)c(NC(=O)[C@@H](C)Oc4ccc(Cl)cc4Cl)c3)nn12. The number of nitrogens with zero attached hydrogens (tertiary/aromatic N) is 4. The summed E-state index contributed by atoms with van der Waals surface area (Å²) in [4.78, 5) is 13.5. The van der Waals surface area contributed by atoms with Gasteiger partial charge >= 0.3 is 0 Å². The highest BCUT2D eigenvalue weighted by Gasteiger charge is 2.18. The molecule has 0 aliphatic rings. The van der Waals surface area contributed by atoms with Gasteiger partial charge in [0.05, 0.1) is 5.02 Å². The lowest BCUT2D eigenvalue weighted by Crippen LogP contribution is -2.30. The molecule has 2 aromatic carbocycles. The molecule has 0 spiro atoms. The highest BCUT2D eigenvalue weighted by atomic mass is 35.5. The van der Waals surface area contributed by atoms with E-state index in [4.69, 9.17) is 27.9 Å². The molecule has 31 heavy (non-hydrogen) atoms. The molecule has 0 aliphatic heterocycles. The van der Waals surface area contributed by atoms with Crippen LogP contribution in [0.25, 0.3) is 15.5 Å². The molecule has 0 saturated heterocycles. The maximum absolute atomic E-state index is 12.7. The lowest BCUT2D eigenvalue weighted by molar-refractivity contribution is -0.122. The van der Waals surface area contributed by atoms with Crippen LogP contribution in [0.2, 0.25) is 10.0 Å².